The molecule has 20 heavy (non-hydrogen) atoms. The van der Waals surface area contributed by atoms with Crippen molar-refractivity contribution >= 4 is 0 Å². The summed E-state index contributed by atoms with van der Waals surface area (Å²) in [5, 5.41) is 7.18. The third-order valence-corrected chi connectivity index (χ3v) is 4.93. The Balaban J connectivity index is 1.60. The highest BCUT2D eigenvalue weighted by atomic mass is 15.2. The first-order valence-electron chi connectivity index (χ1n) is 7.67. The molecule has 1 N–H and O–H groups in total. The summed E-state index contributed by atoms with van der Waals surface area (Å²) < 4.78 is 0. The number of piperidine rings is 1. The van der Waals surface area contributed by atoms with Gasteiger partial charge in [0.1, 0.15) is 0 Å². The summed E-state index contributed by atoms with van der Waals surface area (Å²) in [5.41, 5.74) is 4.39. The Morgan fingerprint density at radius 3 is 2.75 bits per heavy atom. The summed E-state index contributed by atoms with van der Waals surface area (Å²) in [7, 11) is 0. The van der Waals surface area contributed by atoms with Crippen LogP contribution in [0.15, 0.2) is 36.5 Å². The first-order valence-corrected chi connectivity index (χ1v) is 7.67. The molecule has 1 aromatic carbocycles. The Kier molecular flexibility index (Phi) is 3.07. The second-order valence-electron chi connectivity index (χ2n) is 6.29. The van der Waals surface area contributed by atoms with Crippen LogP contribution in [0.4, 0.5) is 0 Å². The lowest BCUT2D eigenvalue weighted by Crippen LogP contribution is -2.46. The van der Waals surface area contributed by atoms with Gasteiger partial charge in [-0.3, -0.25) is 10.00 Å². The molecule has 0 amide bonds. The van der Waals surface area contributed by atoms with Crippen LogP contribution in [0.2, 0.25) is 0 Å². The van der Waals surface area contributed by atoms with Crippen molar-refractivity contribution < 1.29 is 0 Å². The fraction of sp³-hybridized carbons (Fsp3) is 0.471. The Bertz CT molecular complexity index is 576. The molecule has 2 bridgehead atoms. The van der Waals surface area contributed by atoms with E-state index in [-0.39, 0.29) is 0 Å². The van der Waals surface area contributed by atoms with Crippen molar-refractivity contribution in [3.05, 3.63) is 53.3 Å². The van der Waals surface area contributed by atoms with Crippen LogP contribution in [0.1, 0.15) is 29.7 Å². The predicted octanol–water partition coefficient (Wildman–Crippen LogP) is 2.79. The molecule has 0 unspecified atom stereocenters. The van der Waals surface area contributed by atoms with Gasteiger partial charge in [-0.05, 0) is 48.8 Å². The number of aromatic nitrogens is 2. The lowest BCUT2D eigenvalue weighted by atomic mass is 9.80. The number of H-pyrrole nitrogens is 1. The molecular weight excluding hydrogens is 246 g/mol. The zero-order chi connectivity index (χ0) is 13.4. The van der Waals surface area contributed by atoms with Crippen molar-refractivity contribution in [1.82, 2.24) is 15.1 Å². The molecule has 5 rings (SSSR count). The molecule has 2 atom stereocenters. The molecular formula is C17H21N3. The average Bonchev–Trinajstić information content (AvgIpc) is 2.93. The van der Waals surface area contributed by atoms with Crippen molar-refractivity contribution in [3.8, 4) is 0 Å². The predicted molar refractivity (Wildman–Crippen MR) is 79.4 cm³/mol. The lowest BCUT2D eigenvalue weighted by Gasteiger charge is -2.42. The molecule has 3 heterocycles. The van der Waals surface area contributed by atoms with Crippen molar-refractivity contribution in [3.63, 3.8) is 0 Å². The maximum absolute atomic E-state index is 4.08. The van der Waals surface area contributed by atoms with Gasteiger partial charge in [0.15, 0.2) is 0 Å². The first-order chi connectivity index (χ1) is 9.88. The van der Waals surface area contributed by atoms with Crippen LogP contribution in [0.5, 0.6) is 0 Å². The number of fused-ring (bicyclic) bond motifs is 2. The smallest absolute Gasteiger partial charge is 0.0492 e. The van der Waals surface area contributed by atoms with Gasteiger partial charge in [-0.1, -0.05) is 24.3 Å². The van der Waals surface area contributed by atoms with E-state index in [0.717, 1.165) is 12.5 Å². The molecule has 0 saturated carbocycles. The Morgan fingerprint density at radius 1 is 1.10 bits per heavy atom. The molecule has 3 aliphatic rings. The van der Waals surface area contributed by atoms with E-state index in [1.54, 1.807) is 11.1 Å². The number of nitrogens with one attached hydrogen (secondary N) is 1. The van der Waals surface area contributed by atoms with E-state index in [2.05, 4.69) is 45.4 Å². The Labute approximate surface area is 120 Å². The van der Waals surface area contributed by atoms with Crippen LogP contribution in [0, 0.1) is 5.92 Å². The normalized spacial score (nSPS) is 26.0. The van der Waals surface area contributed by atoms with Gasteiger partial charge in [0.2, 0.25) is 0 Å². The van der Waals surface area contributed by atoms with Crippen LogP contribution in [0.3, 0.4) is 0 Å². The van der Waals surface area contributed by atoms with Gasteiger partial charge in [-0.25, -0.2) is 0 Å². The highest BCUT2D eigenvalue weighted by molar-refractivity contribution is 5.29. The number of benzene rings is 1. The Hall–Kier alpha value is -1.61. The zero-order valence-electron chi connectivity index (χ0n) is 11.8. The molecule has 0 spiro atoms. The van der Waals surface area contributed by atoms with E-state index in [0.29, 0.717) is 6.04 Å². The van der Waals surface area contributed by atoms with E-state index < -0.39 is 0 Å². The van der Waals surface area contributed by atoms with E-state index in [1.807, 2.05) is 6.20 Å². The van der Waals surface area contributed by atoms with Crippen LogP contribution in [0.25, 0.3) is 0 Å². The number of aromatic amines is 1. The number of hydrogen-bond donors (Lipinski definition) is 1. The third-order valence-electron chi connectivity index (χ3n) is 4.93. The standard InChI is InChI=1S/C17H21N3/c1-2-4-15-10-17-6-5-13(9-14(15)3-1)11-20(17)12-16-7-8-18-19-16/h1-4,7-8,13,17H,5-6,9-12H2,(H,18,19)/t13-,17+/m1/s1. The van der Waals surface area contributed by atoms with Crippen molar-refractivity contribution in [2.45, 2.75) is 38.3 Å². The lowest BCUT2D eigenvalue weighted by molar-refractivity contribution is 0.0925. The van der Waals surface area contributed by atoms with Crippen molar-refractivity contribution in [1.29, 1.82) is 0 Å². The molecule has 1 saturated heterocycles. The van der Waals surface area contributed by atoms with E-state index >= 15 is 0 Å². The quantitative estimate of drug-likeness (QED) is 0.907. The minimum Gasteiger partial charge on any atom is -0.294 e. The monoisotopic (exact) mass is 267 g/mol. The van der Waals surface area contributed by atoms with Crippen molar-refractivity contribution in [2.75, 3.05) is 6.54 Å². The summed E-state index contributed by atoms with van der Waals surface area (Å²) in [4.78, 5) is 2.66. The minimum atomic E-state index is 0.691. The second kappa shape index (κ2) is 5.06. The molecule has 1 aliphatic carbocycles. The van der Waals surface area contributed by atoms with Gasteiger partial charge in [-0.2, -0.15) is 5.10 Å². The van der Waals surface area contributed by atoms with Gasteiger partial charge < -0.3 is 0 Å². The second-order valence-corrected chi connectivity index (χ2v) is 6.29. The highest BCUT2D eigenvalue weighted by Crippen LogP contribution is 2.32. The first kappa shape index (κ1) is 12.2. The van der Waals surface area contributed by atoms with Gasteiger partial charge in [0.25, 0.3) is 0 Å². The van der Waals surface area contributed by atoms with Crippen LogP contribution in [-0.4, -0.2) is 27.7 Å². The number of nitrogens with zero attached hydrogens (tertiary/aromatic N) is 2. The number of rotatable bonds is 2. The molecule has 1 fully saturated rings. The molecule has 2 aliphatic heterocycles. The third kappa shape index (κ3) is 2.27. The minimum absolute atomic E-state index is 0.691. The Morgan fingerprint density at radius 2 is 1.95 bits per heavy atom. The van der Waals surface area contributed by atoms with Gasteiger partial charge in [0.05, 0.1) is 0 Å². The number of hydrogen-bond acceptors (Lipinski definition) is 2. The summed E-state index contributed by atoms with van der Waals surface area (Å²) in [6.45, 7) is 2.25. The van der Waals surface area contributed by atoms with Crippen molar-refractivity contribution in [2.24, 2.45) is 5.92 Å². The molecule has 3 heteroatoms. The van der Waals surface area contributed by atoms with E-state index in [9.17, 15) is 0 Å². The van der Waals surface area contributed by atoms with Crippen LogP contribution < -0.4 is 0 Å². The SMILES string of the molecule is c1ccc2c(c1)C[C@H]1CC[C@@H](C2)N(Cc2ccn[nH]2)C1. The molecule has 104 valence electrons. The van der Waals surface area contributed by atoms with Gasteiger partial charge in [-0.15, -0.1) is 0 Å². The van der Waals surface area contributed by atoms with Crippen LogP contribution in [-0.2, 0) is 19.4 Å². The average molecular weight is 267 g/mol. The fourth-order valence-corrected chi connectivity index (χ4v) is 3.89. The largest absolute Gasteiger partial charge is 0.294 e. The molecule has 3 nitrogen and oxygen atoms in total. The summed E-state index contributed by atoms with van der Waals surface area (Å²) in [6.07, 6.45) is 7.04. The van der Waals surface area contributed by atoms with Crippen LogP contribution >= 0.6 is 0 Å². The van der Waals surface area contributed by atoms with Gasteiger partial charge in [0, 0.05) is 31.0 Å². The molecule has 0 radical (unpaired) electrons. The topological polar surface area (TPSA) is 31.9 Å². The summed E-state index contributed by atoms with van der Waals surface area (Å²) >= 11 is 0. The molecule has 2 aromatic rings. The zero-order valence-corrected chi connectivity index (χ0v) is 11.8. The van der Waals surface area contributed by atoms with Gasteiger partial charge >= 0.3 is 0 Å². The summed E-state index contributed by atoms with van der Waals surface area (Å²) in [5.74, 6) is 0.815. The highest BCUT2D eigenvalue weighted by Gasteiger charge is 2.31. The maximum atomic E-state index is 4.08. The van der Waals surface area contributed by atoms with E-state index in [1.165, 1.54) is 37.9 Å². The maximum Gasteiger partial charge on any atom is 0.0492 e. The van der Waals surface area contributed by atoms with E-state index in [4.69, 9.17) is 0 Å². The summed E-state index contributed by atoms with van der Waals surface area (Å²) in [6, 6.07) is 11.8. The fourth-order valence-electron chi connectivity index (χ4n) is 3.89. The molecule has 1 aromatic heterocycles.